The van der Waals surface area contributed by atoms with Gasteiger partial charge in [-0.15, -0.1) is 0 Å². The van der Waals surface area contributed by atoms with E-state index < -0.39 is 0 Å². The van der Waals surface area contributed by atoms with Gasteiger partial charge in [-0.2, -0.15) is 5.10 Å². The molecule has 0 radical (unpaired) electrons. The van der Waals surface area contributed by atoms with Gasteiger partial charge in [0.25, 0.3) is 5.91 Å². The number of nitrogens with one attached hydrogen (secondary N) is 1. The number of carbonyl (C=O) groups is 1. The molecule has 2 aromatic rings. The summed E-state index contributed by atoms with van der Waals surface area (Å²) in [5.74, 6) is 0.638. The Bertz CT molecular complexity index is 548. The van der Waals surface area contributed by atoms with Gasteiger partial charge in [-0.3, -0.25) is 9.89 Å². The molecule has 1 N–H and O–H groups in total. The fraction of sp³-hybridized carbons (Fsp3) is 0.417. The lowest BCUT2D eigenvalue weighted by atomic mass is 10.3. The zero-order valence-corrected chi connectivity index (χ0v) is 12.5. The molecule has 2 heterocycles. The average Bonchev–Trinajstić information content (AvgIpc) is 2.98. The van der Waals surface area contributed by atoms with Gasteiger partial charge in [0.15, 0.2) is 0 Å². The lowest BCUT2D eigenvalue weighted by Gasteiger charge is -2.16. The number of rotatable bonds is 5. The van der Waals surface area contributed by atoms with E-state index in [1.54, 1.807) is 11.9 Å². The van der Waals surface area contributed by atoms with Crippen LogP contribution in [0, 0.1) is 0 Å². The van der Waals surface area contributed by atoms with E-state index in [0.717, 1.165) is 17.4 Å². The SMILES string of the molecule is CCCn1cc(Br)cc1C(=O)N(C)Cc1ncn[nH]1. The third kappa shape index (κ3) is 3.23. The maximum absolute atomic E-state index is 12.4. The Labute approximate surface area is 120 Å². The molecular formula is C12H16BrN5O. The van der Waals surface area contributed by atoms with Gasteiger partial charge in [0, 0.05) is 24.3 Å². The van der Waals surface area contributed by atoms with Gasteiger partial charge >= 0.3 is 0 Å². The van der Waals surface area contributed by atoms with Crippen LogP contribution in [0.25, 0.3) is 0 Å². The van der Waals surface area contributed by atoms with Gasteiger partial charge in [-0.25, -0.2) is 4.98 Å². The van der Waals surface area contributed by atoms with Crippen molar-refractivity contribution in [3.63, 3.8) is 0 Å². The quantitative estimate of drug-likeness (QED) is 0.914. The van der Waals surface area contributed by atoms with Crippen molar-refractivity contribution in [3.8, 4) is 0 Å². The summed E-state index contributed by atoms with van der Waals surface area (Å²) in [5.41, 5.74) is 0.677. The van der Waals surface area contributed by atoms with Crippen LogP contribution in [0.3, 0.4) is 0 Å². The van der Waals surface area contributed by atoms with Crippen LogP contribution in [0.5, 0.6) is 0 Å². The highest BCUT2D eigenvalue weighted by atomic mass is 79.9. The van der Waals surface area contributed by atoms with Crippen LogP contribution in [-0.2, 0) is 13.1 Å². The molecule has 6 nitrogen and oxygen atoms in total. The summed E-state index contributed by atoms with van der Waals surface area (Å²) in [6, 6.07) is 1.84. The first-order chi connectivity index (χ1) is 9.11. The maximum atomic E-state index is 12.4. The second-order valence-electron chi connectivity index (χ2n) is 4.33. The predicted molar refractivity (Wildman–Crippen MR) is 74.6 cm³/mol. The highest BCUT2D eigenvalue weighted by Crippen LogP contribution is 2.17. The molecule has 0 bridgehead atoms. The van der Waals surface area contributed by atoms with Crippen LogP contribution in [0.2, 0.25) is 0 Å². The average molecular weight is 326 g/mol. The first-order valence-corrected chi connectivity index (χ1v) is 6.86. The molecule has 2 rings (SSSR count). The smallest absolute Gasteiger partial charge is 0.270 e. The summed E-state index contributed by atoms with van der Waals surface area (Å²) in [6.07, 6.45) is 4.34. The van der Waals surface area contributed by atoms with Crippen molar-refractivity contribution in [2.75, 3.05) is 7.05 Å². The number of carbonyl (C=O) groups excluding carboxylic acids is 1. The number of nitrogens with zero attached hydrogens (tertiary/aromatic N) is 4. The fourth-order valence-corrected chi connectivity index (χ4v) is 2.34. The van der Waals surface area contributed by atoms with E-state index in [9.17, 15) is 4.79 Å². The van der Waals surface area contributed by atoms with E-state index >= 15 is 0 Å². The van der Waals surface area contributed by atoms with E-state index in [2.05, 4.69) is 38.0 Å². The Morgan fingerprint density at radius 2 is 2.37 bits per heavy atom. The van der Waals surface area contributed by atoms with Crippen molar-refractivity contribution in [2.45, 2.75) is 26.4 Å². The second-order valence-corrected chi connectivity index (χ2v) is 5.25. The lowest BCUT2D eigenvalue weighted by Crippen LogP contribution is -2.28. The number of hydrogen-bond acceptors (Lipinski definition) is 3. The Morgan fingerprint density at radius 1 is 1.58 bits per heavy atom. The Morgan fingerprint density at radius 3 is 3.00 bits per heavy atom. The zero-order chi connectivity index (χ0) is 13.8. The van der Waals surface area contributed by atoms with Crippen molar-refractivity contribution in [1.29, 1.82) is 0 Å². The third-order valence-corrected chi connectivity index (χ3v) is 3.18. The van der Waals surface area contributed by atoms with E-state index in [-0.39, 0.29) is 5.91 Å². The summed E-state index contributed by atoms with van der Waals surface area (Å²) in [7, 11) is 1.75. The molecule has 0 aliphatic heterocycles. The van der Waals surface area contributed by atoms with Crippen LogP contribution >= 0.6 is 15.9 Å². The number of H-pyrrole nitrogens is 1. The van der Waals surface area contributed by atoms with Crippen LogP contribution in [-0.4, -0.2) is 37.6 Å². The maximum Gasteiger partial charge on any atom is 0.270 e. The Hall–Kier alpha value is -1.63. The van der Waals surface area contributed by atoms with E-state index in [0.29, 0.717) is 18.1 Å². The molecule has 0 aromatic carbocycles. The van der Waals surface area contributed by atoms with Crippen molar-refractivity contribution in [2.24, 2.45) is 0 Å². The number of aromatic nitrogens is 4. The zero-order valence-electron chi connectivity index (χ0n) is 10.9. The molecule has 0 unspecified atom stereocenters. The molecule has 1 amide bonds. The van der Waals surface area contributed by atoms with Crippen molar-refractivity contribution in [3.05, 3.63) is 34.6 Å². The number of amides is 1. The number of aryl methyl sites for hydroxylation is 1. The molecule has 0 spiro atoms. The predicted octanol–water partition coefficient (Wildman–Crippen LogP) is 2.05. The molecule has 7 heteroatoms. The minimum atomic E-state index is -0.0319. The van der Waals surface area contributed by atoms with Gasteiger partial charge in [-0.05, 0) is 28.4 Å². The summed E-state index contributed by atoms with van der Waals surface area (Å²) in [6.45, 7) is 3.32. The van der Waals surface area contributed by atoms with Gasteiger partial charge in [0.05, 0.1) is 6.54 Å². The van der Waals surface area contributed by atoms with Gasteiger partial charge in [-0.1, -0.05) is 6.92 Å². The standard InChI is InChI=1S/C12H16BrN5O/c1-3-4-18-6-9(13)5-10(18)12(19)17(2)7-11-14-8-15-16-11/h5-6,8H,3-4,7H2,1-2H3,(H,14,15,16). The third-order valence-electron chi connectivity index (χ3n) is 2.75. The highest BCUT2D eigenvalue weighted by Gasteiger charge is 2.17. The van der Waals surface area contributed by atoms with Gasteiger partial charge in [0.2, 0.25) is 0 Å². The first-order valence-electron chi connectivity index (χ1n) is 6.07. The summed E-state index contributed by atoms with van der Waals surface area (Å²) in [5, 5.41) is 6.52. The molecule has 0 aliphatic rings. The summed E-state index contributed by atoms with van der Waals surface area (Å²) >= 11 is 3.41. The molecule has 0 saturated carbocycles. The number of aromatic amines is 1. The van der Waals surface area contributed by atoms with E-state index in [1.807, 2.05) is 16.8 Å². The molecule has 0 atom stereocenters. The second kappa shape index (κ2) is 6.01. The van der Waals surface area contributed by atoms with E-state index in [1.165, 1.54) is 6.33 Å². The molecule has 0 saturated heterocycles. The molecule has 102 valence electrons. The van der Waals surface area contributed by atoms with Crippen LogP contribution in [0.15, 0.2) is 23.1 Å². The Kier molecular flexibility index (Phi) is 4.36. The Balaban J connectivity index is 2.14. The van der Waals surface area contributed by atoms with Gasteiger partial charge in [0.1, 0.15) is 17.8 Å². The summed E-state index contributed by atoms with van der Waals surface area (Å²) < 4.78 is 2.88. The monoisotopic (exact) mass is 325 g/mol. The fourth-order valence-electron chi connectivity index (χ4n) is 1.88. The molecule has 0 fully saturated rings. The molecular weight excluding hydrogens is 310 g/mol. The van der Waals surface area contributed by atoms with Crippen molar-refractivity contribution < 1.29 is 4.79 Å². The van der Waals surface area contributed by atoms with E-state index in [4.69, 9.17) is 0 Å². The van der Waals surface area contributed by atoms with Gasteiger partial charge < -0.3 is 9.47 Å². The molecule has 19 heavy (non-hydrogen) atoms. The lowest BCUT2D eigenvalue weighted by molar-refractivity contribution is 0.0771. The normalized spacial score (nSPS) is 10.7. The van der Waals surface area contributed by atoms with Crippen LogP contribution in [0.1, 0.15) is 29.7 Å². The highest BCUT2D eigenvalue weighted by molar-refractivity contribution is 9.10. The minimum absolute atomic E-state index is 0.0319. The minimum Gasteiger partial charge on any atom is -0.342 e. The first kappa shape index (κ1) is 13.8. The molecule has 0 aliphatic carbocycles. The topological polar surface area (TPSA) is 66.8 Å². The number of halogens is 1. The largest absolute Gasteiger partial charge is 0.342 e. The van der Waals surface area contributed by atoms with Crippen LogP contribution < -0.4 is 0 Å². The van der Waals surface area contributed by atoms with Crippen LogP contribution in [0.4, 0.5) is 0 Å². The van der Waals surface area contributed by atoms with Crippen molar-refractivity contribution in [1.82, 2.24) is 24.6 Å². The number of hydrogen-bond donors (Lipinski definition) is 1. The molecule has 2 aromatic heterocycles. The summed E-state index contributed by atoms with van der Waals surface area (Å²) in [4.78, 5) is 18.0. The van der Waals surface area contributed by atoms with Crippen molar-refractivity contribution >= 4 is 21.8 Å².